The molecule has 2 aromatic rings. The second kappa shape index (κ2) is 7.83. The molecule has 5 heteroatoms. The van der Waals surface area contributed by atoms with E-state index in [1.165, 1.54) is 0 Å². The lowest BCUT2D eigenvalue weighted by molar-refractivity contribution is -0.125. The summed E-state index contributed by atoms with van der Waals surface area (Å²) in [6.45, 7) is 4.20. The van der Waals surface area contributed by atoms with Crippen LogP contribution in [0.15, 0.2) is 48.5 Å². The number of aromatic carboxylic acids is 1. The fourth-order valence-electron chi connectivity index (χ4n) is 2.64. The zero-order chi connectivity index (χ0) is 18.4. The molecule has 0 aliphatic heterocycles. The molecule has 0 aliphatic carbocycles. The lowest BCUT2D eigenvalue weighted by Crippen LogP contribution is -2.41. The maximum atomic E-state index is 12.6. The summed E-state index contributed by atoms with van der Waals surface area (Å²) in [6, 6.07) is 14.2. The number of carbonyl (C=O) groups excluding carboxylic acids is 1. The minimum Gasteiger partial charge on any atom is -0.496 e. The lowest BCUT2D eigenvalue weighted by atomic mass is 9.83. The van der Waals surface area contributed by atoms with Crippen molar-refractivity contribution in [1.82, 2.24) is 5.32 Å². The summed E-state index contributed by atoms with van der Waals surface area (Å²) in [7, 11) is 1.59. The van der Waals surface area contributed by atoms with E-state index in [1.54, 1.807) is 31.4 Å². The first kappa shape index (κ1) is 18.5. The Morgan fingerprint density at radius 2 is 1.72 bits per heavy atom. The van der Waals surface area contributed by atoms with Gasteiger partial charge < -0.3 is 15.2 Å². The molecule has 2 N–H and O–H groups in total. The molecule has 2 rings (SSSR count). The van der Waals surface area contributed by atoms with E-state index >= 15 is 0 Å². The molecule has 0 radical (unpaired) electrons. The number of carbonyl (C=O) groups is 2. The lowest BCUT2D eigenvalue weighted by Gasteiger charge is -2.26. The second-order valence-corrected chi connectivity index (χ2v) is 6.33. The predicted molar refractivity (Wildman–Crippen MR) is 96.1 cm³/mol. The van der Waals surface area contributed by atoms with Gasteiger partial charge in [0.2, 0.25) is 5.91 Å². The minimum absolute atomic E-state index is 0.0841. The molecule has 132 valence electrons. The van der Waals surface area contributed by atoms with Crippen LogP contribution in [0, 0.1) is 0 Å². The average molecular weight is 341 g/mol. The maximum absolute atomic E-state index is 12.6. The van der Waals surface area contributed by atoms with Crippen molar-refractivity contribution in [2.45, 2.75) is 25.7 Å². The normalized spacial score (nSPS) is 11.0. The fraction of sp³-hybridized carbons (Fsp3) is 0.300. The monoisotopic (exact) mass is 341 g/mol. The van der Waals surface area contributed by atoms with Gasteiger partial charge in [-0.2, -0.15) is 0 Å². The summed E-state index contributed by atoms with van der Waals surface area (Å²) < 4.78 is 5.36. The van der Waals surface area contributed by atoms with Gasteiger partial charge in [-0.25, -0.2) is 4.79 Å². The number of hydrogen-bond acceptors (Lipinski definition) is 3. The summed E-state index contributed by atoms with van der Waals surface area (Å²) in [5.41, 5.74) is 1.34. The SMILES string of the molecule is COc1ccccc1C(C)(C)C(=O)NCCc1ccc(C(=O)O)cc1. The molecule has 5 nitrogen and oxygen atoms in total. The average Bonchev–Trinajstić information content (AvgIpc) is 2.61. The summed E-state index contributed by atoms with van der Waals surface area (Å²) in [6.07, 6.45) is 0.633. The van der Waals surface area contributed by atoms with Crippen LogP contribution >= 0.6 is 0 Å². The Bertz CT molecular complexity index is 751. The van der Waals surface area contributed by atoms with Crippen LogP contribution in [0.1, 0.15) is 35.3 Å². The molecule has 0 unspecified atom stereocenters. The molecule has 0 fully saturated rings. The van der Waals surface area contributed by atoms with Crippen molar-refractivity contribution >= 4 is 11.9 Å². The van der Waals surface area contributed by atoms with Crippen LogP contribution in [0.3, 0.4) is 0 Å². The highest BCUT2D eigenvalue weighted by Gasteiger charge is 2.32. The van der Waals surface area contributed by atoms with E-state index < -0.39 is 11.4 Å². The number of hydrogen-bond donors (Lipinski definition) is 2. The second-order valence-electron chi connectivity index (χ2n) is 6.33. The van der Waals surface area contributed by atoms with Gasteiger partial charge in [-0.1, -0.05) is 30.3 Å². The quantitative estimate of drug-likeness (QED) is 0.812. The molecule has 0 saturated heterocycles. The van der Waals surface area contributed by atoms with Crippen molar-refractivity contribution in [3.8, 4) is 5.75 Å². The highest BCUT2D eigenvalue weighted by Crippen LogP contribution is 2.31. The number of ether oxygens (including phenoxy) is 1. The minimum atomic E-state index is -0.946. The maximum Gasteiger partial charge on any atom is 0.335 e. The molecule has 0 atom stereocenters. The summed E-state index contributed by atoms with van der Waals surface area (Å²) in [4.78, 5) is 23.5. The Morgan fingerprint density at radius 1 is 1.08 bits per heavy atom. The van der Waals surface area contributed by atoms with Crippen LogP contribution in [0.2, 0.25) is 0 Å². The van der Waals surface area contributed by atoms with Crippen LogP contribution in [0.4, 0.5) is 0 Å². The molecule has 0 bridgehead atoms. The van der Waals surface area contributed by atoms with Gasteiger partial charge in [-0.15, -0.1) is 0 Å². The number of benzene rings is 2. The molecule has 0 heterocycles. The Kier molecular flexibility index (Phi) is 5.80. The Balaban J connectivity index is 1.98. The first-order chi connectivity index (χ1) is 11.9. The van der Waals surface area contributed by atoms with E-state index in [0.29, 0.717) is 18.7 Å². The van der Waals surface area contributed by atoms with E-state index in [4.69, 9.17) is 9.84 Å². The molecular formula is C20H23NO4. The Hall–Kier alpha value is -2.82. The van der Waals surface area contributed by atoms with E-state index in [9.17, 15) is 9.59 Å². The largest absolute Gasteiger partial charge is 0.496 e. The molecule has 0 spiro atoms. The van der Waals surface area contributed by atoms with Crippen molar-refractivity contribution < 1.29 is 19.4 Å². The van der Waals surface area contributed by atoms with Crippen molar-refractivity contribution in [1.29, 1.82) is 0 Å². The van der Waals surface area contributed by atoms with Crippen molar-refractivity contribution in [2.75, 3.05) is 13.7 Å². The van der Waals surface area contributed by atoms with Crippen molar-refractivity contribution in [3.63, 3.8) is 0 Å². The van der Waals surface area contributed by atoms with Gasteiger partial charge in [0.15, 0.2) is 0 Å². The Labute approximate surface area is 147 Å². The van der Waals surface area contributed by atoms with Gasteiger partial charge in [0.25, 0.3) is 0 Å². The number of methoxy groups -OCH3 is 1. The molecule has 2 aromatic carbocycles. The number of rotatable bonds is 7. The van der Waals surface area contributed by atoms with E-state index in [0.717, 1.165) is 11.1 Å². The standard InChI is InChI=1S/C20H23NO4/c1-20(2,16-6-4-5-7-17(16)25-3)19(24)21-13-12-14-8-10-15(11-9-14)18(22)23/h4-11H,12-13H2,1-3H3,(H,21,24)(H,22,23). The molecule has 0 aliphatic rings. The fourth-order valence-corrected chi connectivity index (χ4v) is 2.64. The van der Waals surface area contributed by atoms with E-state index in [2.05, 4.69) is 5.32 Å². The third kappa shape index (κ3) is 4.38. The number of carboxylic acids is 1. The highest BCUT2D eigenvalue weighted by molar-refractivity contribution is 5.88. The van der Waals surface area contributed by atoms with Gasteiger partial charge in [0.1, 0.15) is 5.75 Å². The molecule has 0 saturated carbocycles. The molecule has 25 heavy (non-hydrogen) atoms. The van der Waals surface area contributed by atoms with Crippen molar-refractivity contribution in [3.05, 3.63) is 65.2 Å². The third-order valence-electron chi connectivity index (χ3n) is 4.25. The smallest absolute Gasteiger partial charge is 0.335 e. The van der Waals surface area contributed by atoms with Crippen LogP contribution in [0.5, 0.6) is 5.75 Å². The van der Waals surface area contributed by atoms with Gasteiger partial charge in [0, 0.05) is 12.1 Å². The zero-order valence-electron chi connectivity index (χ0n) is 14.7. The Morgan fingerprint density at radius 3 is 2.32 bits per heavy atom. The number of amides is 1. The van der Waals surface area contributed by atoms with Crippen LogP contribution in [0.25, 0.3) is 0 Å². The van der Waals surface area contributed by atoms with Gasteiger partial charge in [-0.05, 0) is 44.0 Å². The highest BCUT2D eigenvalue weighted by atomic mass is 16.5. The first-order valence-corrected chi connectivity index (χ1v) is 8.10. The number of carboxylic acid groups (broad SMARTS) is 1. The van der Waals surface area contributed by atoms with Crippen LogP contribution in [-0.4, -0.2) is 30.6 Å². The van der Waals surface area contributed by atoms with Gasteiger partial charge in [0.05, 0.1) is 18.1 Å². The molecule has 0 aromatic heterocycles. The summed E-state index contributed by atoms with van der Waals surface area (Å²) in [5.74, 6) is -0.343. The first-order valence-electron chi connectivity index (χ1n) is 8.10. The predicted octanol–water partition coefficient (Wildman–Crippen LogP) is 3.03. The van der Waals surface area contributed by atoms with Crippen LogP contribution < -0.4 is 10.1 Å². The van der Waals surface area contributed by atoms with E-state index in [1.807, 2.05) is 38.1 Å². The third-order valence-corrected chi connectivity index (χ3v) is 4.25. The van der Waals surface area contributed by atoms with E-state index in [-0.39, 0.29) is 11.5 Å². The summed E-state index contributed by atoms with van der Waals surface area (Å²) in [5, 5.41) is 11.8. The van der Waals surface area contributed by atoms with Gasteiger partial charge >= 0.3 is 5.97 Å². The topological polar surface area (TPSA) is 75.6 Å². The molecular weight excluding hydrogens is 318 g/mol. The number of para-hydroxylation sites is 1. The number of nitrogens with one attached hydrogen (secondary N) is 1. The summed E-state index contributed by atoms with van der Waals surface area (Å²) >= 11 is 0. The molecule has 1 amide bonds. The van der Waals surface area contributed by atoms with Gasteiger partial charge in [-0.3, -0.25) is 4.79 Å². The van der Waals surface area contributed by atoms with Crippen LogP contribution in [-0.2, 0) is 16.6 Å². The van der Waals surface area contributed by atoms with Crippen molar-refractivity contribution in [2.24, 2.45) is 0 Å². The zero-order valence-corrected chi connectivity index (χ0v) is 14.7.